The standard InChI is InChI=1S/C28H42NO9P/c1-5-37-39(31,38-6-2)18-36-29-20-9-11-25(3)19(13-20)7-8-21-22-10-12-27(26(22,4)14-23(30)24(21)25)28(35-17-33-27)15-32-16-34-28/h9,11,13,21-24,30H,5-8,10,12,14-18H2,1-4H3/t21?,22?,23?,24?,25-,26-,27+,28?/m0/s1. The summed E-state index contributed by atoms with van der Waals surface area (Å²) in [5.41, 5.74) is 0.704. The lowest BCUT2D eigenvalue weighted by atomic mass is 9.46. The number of hydrogen-bond acceptors (Lipinski definition) is 10. The van der Waals surface area contributed by atoms with Crippen LogP contribution in [0.5, 0.6) is 0 Å². The Morgan fingerprint density at radius 2 is 1.90 bits per heavy atom. The number of aliphatic hydroxyl groups excluding tert-OH is 1. The summed E-state index contributed by atoms with van der Waals surface area (Å²) in [7, 11) is -3.34. The highest BCUT2D eigenvalue weighted by atomic mass is 31.2. The van der Waals surface area contributed by atoms with Gasteiger partial charge in [0.1, 0.15) is 17.9 Å². The summed E-state index contributed by atoms with van der Waals surface area (Å²) in [5.74, 6) is -0.0897. The van der Waals surface area contributed by atoms with Gasteiger partial charge in [0, 0.05) is 16.7 Å². The Kier molecular flexibility index (Phi) is 7.20. The van der Waals surface area contributed by atoms with Gasteiger partial charge < -0.3 is 37.9 Å². The summed E-state index contributed by atoms with van der Waals surface area (Å²) >= 11 is 0. The topological polar surface area (TPSA) is 114 Å². The van der Waals surface area contributed by atoms with Crippen molar-refractivity contribution in [3.8, 4) is 0 Å². The Balaban J connectivity index is 1.22. The normalized spacial score (nSPS) is 46.0. The average molecular weight is 568 g/mol. The quantitative estimate of drug-likeness (QED) is 0.344. The number of hydrogen-bond donors (Lipinski definition) is 1. The molecular formula is C28H42NO9P. The van der Waals surface area contributed by atoms with Crippen molar-refractivity contribution in [3.63, 3.8) is 0 Å². The molecule has 2 saturated heterocycles. The summed E-state index contributed by atoms with van der Waals surface area (Å²) in [6, 6.07) is 0. The lowest BCUT2D eigenvalue weighted by Crippen LogP contribution is -2.66. The monoisotopic (exact) mass is 567 g/mol. The van der Waals surface area contributed by atoms with Crippen molar-refractivity contribution >= 4 is 13.3 Å². The van der Waals surface area contributed by atoms with Crippen LogP contribution in [0.4, 0.5) is 0 Å². The smallest absolute Gasteiger partial charge is 0.370 e. The van der Waals surface area contributed by atoms with Crippen molar-refractivity contribution in [3.05, 3.63) is 23.8 Å². The third-order valence-corrected chi connectivity index (χ3v) is 12.3. The number of nitrogens with zero attached hydrogens (tertiary/aromatic N) is 1. The fourth-order valence-corrected chi connectivity index (χ4v) is 10.3. The lowest BCUT2D eigenvalue weighted by molar-refractivity contribution is -0.256. The maximum Gasteiger partial charge on any atom is 0.370 e. The van der Waals surface area contributed by atoms with E-state index < -0.39 is 25.1 Å². The van der Waals surface area contributed by atoms with E-state index in [1.54, 1.807) is 13.8 Å². The second kappa shape index (κ2) is 10.0. The second-order valence-electron chi connectivity index (χ2n) is 12.2. The summed E-state index contributed by atoms with van der Waals surface area (Å²) in [5, 5.41) is 16.1. The van der Waals surface area contributed by atoms with Crippen molar-refractivity contribution < 1.29 is 42.5 Å². The lowest BCUT2D eigenvalue weighted by Gasteiger charge is -2.60. The molecule has 5 unspecified atom stereocenters. The molecule has 0 aromatic heterocycles. The second-order valence-corrected chi connectivity index (χ2v) is 14.2. The molecule has 0 aromatic carbocycles. The van der Waals surface area contributed by atoms with Crippen molar-refractivity contribution in [2.24, 2.45) is 33.7 Å². The maximum atomic E-state index is 12.7. The van der Waals surface area contributed by atoms with Crippen LogP contribution in [0, 0.1) is 28.6 Å². The first-order valence-electron chi connectivity index (χ1n) is 14.3. The Bertz CT molecular complexity index is 1090. The van der Waals surface area contributed by atoms with E-state index in [2.05, 4.69) is 31.2 Å². The SMILES string of the molecule is CCOP(=O)(CON=C1C=C[C@@]2(C)C(=C1)CCC1C2C(O)C[C@@]2(C)C1CC[C@@]21OCOC12COCO2)OCC. The minimum Gasteiger partial charge on any atom is -0.393 e. The van der Waals surface area contributed by atoms with Crippen molar-refractivity contribution in [1.82, 2.24) is 0 Å². The number of rotatable bonds is 7. The summed E-state index contributed by atoms with van der Waals surface area (Å²) in [6.45, 7) is 9.35. The highest BCUT2D eigenvalue weighted by Crippen LogP contribution is 2.71. The summed E-state index contributed by atoms with van der Waals surface area (Å²) < 4.78 is 47.5. The van der Waals surface area contributed by atoms with E-state index in [0.717, 1.165) is 25.7 Å². The van der Waals surface area contributed by atoms with E-state index >= 15 is 0 Å². The predicted molar refractivity (Wildman–Crippen MR) is 142 cm³/mol. The van der Waals surface area contributed by atoms with E-state index in [9.17, 15) is 9.67 Å². The molecule has 0 bridgehead atoms. The first-order valence-corrected chi connectivity index (χ1v) is 16.0. The van der Waals surface area contributed by atoms with Crippen LogP contribution in [0.2, 0.25) is 0 Å². The number of aliphatic hydroxyl groups is 1. The fourth-order valence-electron chi connectivity index (χ4n) is 9.05. The molecule has 2 aliphatic heterocycles. The predicted octanol–water partition coefficient (Wildman–Crippen LogP) is 4.74. The van der Waals surface area contributed by atoms with E-state index in [-0.39, 0.29) is 49.9 Å². The molecule has 6 rings (SSSR count). The molecule has 4 aliphatic carbocycles. The van der Waals surface area contributed by atoms with Crippen molar-refractivity contribution in [1.29, 1.82) is 0 Å². The fraction of sp³-hybridized carbons (Fsp3) is 0.821. The van der Waals surface area contributed by atoms with Gasteiger partial charge in [0.15, 0.2) is 13.6 Å². The molecule has 3 saturated carbocycles. The molecule has 0 aromatic rings. The zero-order valence-electron chi connectivity index (χ0n) is 23.4. The number of oxime groups is 1. The van der Waals surface area contributed by atoms with Crippen LogP contribution in [0.25, 0.3) is 0 Å². The Morgan fingerprint density at radius 1 is 1.13 bits per heavy atom. The third-order valence-electron chi connectivity index (χ3n) is 10.5. The van der Waals surface area contributed by atoms with E-state index in [0.29, 0.717) is 30.6 Å². The Hall–Kier alpha value is -1.10. The van der Waals surface area contributed by atoms with Gasteiger partial charge in [-0.2, -0.15) is 0 Å². The van der Waals surface area contributed by atoms with Crippen LogP contribution in [0.1, 0.15) is 59.8 Å². The molecule has 0 radical (unpaired) electrons. The van der Waals surface area contributed by atoms with E-state index in [1.807, 2.05) is 6.08 Å². The molecular weight excluding hydrogens is 525 g/mol. The summed E-state index contributed by atoms with van der Waals surface area (Å²) in [6.07, 6.45) is 9.80. The van der Waals surface area contributed by atoms with Gasteiger partial charge in [0.2, 0.25) is 12.1 Å². The van der Waals surface area contributed by atoms with Crippen molar-refractivity contribution in [2.45, 2.75) is 77.3 Å². The van der Waals surface area contributed by atoms with Gasteiger partial charge in [0.25, 0.3) is 0 Å². The molecule has 2 spiro atoms. The Labute approximate surface area is 230 Å². The molecule has 6 aliphatic rings. The molecule has 8 atom stereocenters. The molecule has 10 nitrogen and oxygen atoms in total. The molecule has 2 heterocycles. The number of ether oxygens (including phenoxy) is 4. The van der Waals surface area contributed by atoms with E-state index in [4.69, 9.17) is 32.8 Å². The molecule has 11 heteroatoms. The molecule has 39 heavy (non-hydrogen) atoms. The molecule has 1 N–H and O–H groups in total. The maximum absolute atomic E-state index is 12.7. The van der Waals surface area contributed by atoms with Gasteiger partial charge >= 0.3 is 7.60 Å². The third kappa shape index (κ3) is 4.08. The average Bonchev–Trinajstić information content (AvgIpc) is 3.59. The van der Waals surface area contributed by atoms with Gasteiger partial charge in [-0.05, 0) is 69.9 Å². The number of allylic oxidation sites excluding steroid dienone is 4. The van der Waals surface area contributed by atoms with Gasteiger partial charge in [-0.15, -0.1) is 0 Å². The van der Waals surface area contributed by atoms with E-state index in [1.165, 1.54) is 5.57 Å². The molecule has 0 amide bonds. The van der Waals surface area contributed by atoms with Crippen LogP contribution in [-0.2, 0) is 37.4 Å². The Morgan fingerprint density at radius 3 is 2.62 bits per heavy atom. The minimum atomic E-state index is -3.34. The zero-order chi connectivity index (χ0) is 27.5. The van der Waals surface area contributed by atoms with Gasteiger partial charge in [-0.3, -0.25) is 4.57 Å². The van der Waals surface area contributed by atoms with Crippen LogP contribution < -0.4 is 0 Å². The first kappa shape index (κ1) is 28.0. The van der Waals surface area contributed by atoms with Gasteiger partial charge in [0.05, 0.1) is 19.3 Å². The van der Waals surface area contributed by atoms with Crippen LogP contribution in [0.15, 0.2) is 29.0 Å². The highest BCUT2D eigenvalue weighted by molar-refractivity contribution is 7.53. The zero-order valence-corrected chi connectivity index (χ0v) is 24.3. The van der Waals surface area contributed by atoms with Gasteiger partial charge in [-0.1, -0.05) is 30.7 Å². The van der Waals surface area contributed by atoms with Gasteiger partial charge in [-0.25, -0.2) is 0 Å². The van der Waals surface area contributed by atoms with Crippen LogP contribution >= 0.6 is 7.60 Å². The molecule has 5 fully saturated rings. The first-order chi connectivity index (χ1) is 18.7. The largest absolute Gasteiger partial charge is 0.393 e. The van der Waals surface area contributed by atoms with Crippen LogP contribution in [0.3, 0.4) is 0 Å². The summed E-state index contributed by atoms with van der Waals surface area (Å²) in [4.78, 5) is 5.44. The molecule has 218 valence electrons. The van der Waals surface area contributed by atoms with Crippen molar-refractivity contribution in [2.75, 3.05) is 39.8 Å². The highest BCUT2D eigenvalue weighted by Gasteiger charge is 2.76. The van der Waals surface area contributed by atoms with Crippen LogP contribution in [-0.4, -0.2) is 68.1 Å². The minimum absolute atomic E-state index is 0.0830. The number of fused-ring (bicyclic) bond motifs is 7.